The Balaban J connectivity index is 1.46. The molecule has 44 heavy (non-hydrogen) atoms. The number of hydrogen-bond acceptors (Lipinski definition) is 7. The number of nitrogens with one attached hydrogen (secondary N) is 1. The molecule has 2 amide bonds. The second-order valence-electron chi connectivity index (χ2n) is 12.0. The van der Waals surface area contributed by atoms with Gasteiger partial charge in [-0.15, -0.1) is 11.3 Å². The molecule has 12 heteroatoms. The molecule has 1 N–H and O–H groups in total. The van der Waals surface area contributed by atoms with Gasteiger partial charge >= 0.3 is 0 Å². The van der Waals surface area contributed by atoms with Crippen LogP contribution in [0, 0.1) is 17.2 Å². The monoisotopic (exact) mass is 624 g/mol. The second kappa shape index (κ2) is 13.5. The summed E-state index contributed by atoms with van der Waals surface area (Å²) >= 11 is 0.746. The number of nitriles is 1. The molecule has 1 aromatic carbocycles. The van der Waals surface area contributed by atoms with Crippen LogP contribution in [0.4, 0.5) is 14.7 Å². The number of morpholine rings is 1. The highest BCUT2D eigenvalue weighted by atomic mass is 32.1. The first-order chi connectivity index (χ1) is 21.0. The van der Waals surface area contributed by atoms with Gasteiger partial charge in [0, 0.05) is 32.7 Å². The van der Waals surface area contributed by atoms with Crippen molar-refractivity contribution >= 4 is 40.1 Å². The van der Waals surface area contributed by atoms with E-state index in [1.54, 1.807) is 11.0 Å². The SMILES string of the molecule is CC(C)C=C(C#N)C(=O)N1CCCC1Cn1c(NC(=O)c2ccc(C(F)F)s2)nc2cc(CN3CC(C)OC(C)C3)ccc21. The Hall–Kier alpha value is -3.66. The van der Waals surface area contributed by atoms with Gasteiger partial charge in [-0.25, -0.2) is 13.8 Å². The molecule has 2 aliphatic heterocycles. The van der Waals surface area contributed by atoms with Crippen LogP contribution in [0.2, 0.25) is 0 Å². The molecule has 2 aromatic heterocycles. The molecule has 2 saturated heterocycles. The molecule has 2 fully saturated rings. The van der Waals surface area contributed by atoms with E-state index in [-0.39, 0.29) is 51.4 Å². The minimum Gasteiger partial charge on any atom is -0.373 e. The Morgan fingerprint density at radius 2 is 1.95 bits per heavy atom. The van der Waals surface area contributed by atoms with E-state index in [1.165, 1.54) is 12.1 Å². The van der Waals surface area contributed by atoms with E-state index in [2.05, 4.69) is 30.1 Å². The number of amides is 2. The number of carbonyl (C=O) groups is 2. The smallest absolute Gasteiger partial charge is 0.272 e. The minimum absolute atomic E-state index is 0.0509. The third-order valence-corrected chi connectivity index (χ3v) is 8.98. The van der Waals surface area contributed by atoms with Crippen molar-refractivity contribution in [2.75, 3.05) is 25.0 Å². The number of halogens is 2. The Kier molecular flexibility index (Phi) is 9.78. The highest BCUT2D eigenvalue weighted by Crippen LogP contribution is 2.30. The number of ether oxygens (including phenoxy) is 1. The average Bonchev–Trinajstić information content (AvgIpc) is 3.70. The number of thiophene rings is 1. The van der Waals surface area contributed by atoms with Gasteiger partial charge in [-0.1, -0.05) is 26.0 Å². The molecule has 0 aliphatic carbocycles. The van der Waals surface area contributed by atoms with Crippen LogP contribution in [-0.2, 0) is 22.6 Å². The lowest BCUT2D eigenvalue weighted by molar-refractivity contribution is -0.127. The summed E-state index contributed by atoms with van der Waals surface area (Å²) in [6.07, 6.45) is 0.823. The standard InChI is InChI=1S/C32H38F2N6O3S/c1-19(2)12-23(14-35)31(42)39-11-5-6-24(39)18-40-26-8-7-22(17-38-15-20(3)43-21(4)16-38)13-25(26)36-32(40)37-30(41)28-10-9-27(44-28)29(33)34/h7-10,12-13,19-21,24,29H,5-6,11,15-18H2,1-4H3,(H,36,37,41). The first-order valence-corrected chi connectivity index (χ1v) is 15.8. The lowest BCUT2D eigenvalue weighted by atomic mass is 10.1. The van der Waals surface area contributed by atoms with Crippen molar-refractivity contribution in [3.05, 3.63) is 57.3 Å². The van der Waals surface area contributed by atoms with Gasteiger partial charge in [-0.05, 0) is 62.4 Å². The molecule has 3 atom stereocenters. The van der Waals surface area contributed by atoms with Crippen LogP contribution in [0.5, 0.6) is 0 Å². The molecular weight excluding hydrogens is 586 g/mol. The largest absolute Gasteiger partial charge is 0.373 e. The molecular formula is C32H38F2N6O3S. The van der Waals surface area contributed by atoms with Gasteiger partial charge in [0.2, 0.25) is 5.95 Å². The van der Waals surface area contributed by atoms with Gasteiger partial charge in [0.05, 0.1) is 39.0 Å². The van der Waals surface area contributed by atoms with Crippen LogP contribution < -0.4 is 5.32 Å². The number of benzene rings is 1. The van der Waals surface area contributed by atoms with Crippen LogP contribution in [0.3, 0.4) is 0 Å². The molecule has 0 spiro atoms. The Labute approximate surface area is 260 Å². The highest BCUT2D eigenvalue weighted by Gasteiger charge is 2.32. The number of aromatic nitrogens is 2. The fourth-order valence-corrected chi connectivity index (χ4v) is 6.89. The molecule has 5 rings (SSSR count). The maximum absolute atomic E-state index is 13.4. The van der Waals surface area contributed by atoms with E-state index < -0.39 is 12.3 Å². The number of nitrogens with zero attached hydrogens (tertiary/aromatic N) is 5. The van der Waals surface area contributed by atoms with Crippen LogP contribution in [0.25, 0.3) is 11.0 Å². The molecule has 0 bridgehead atoms. The molecule has 9 nitrogen and oxygen atoms in total. The van der Waals surface area contributed by atoms with Crippen LogP contribution in [0.1, 0.15) is 67.1 Å². The number of rotatable bonds is 9. The quantitative estimate of drug-likeness (QED) is 0.232. The zero-order chi connectivity index (χ0) is 31.5. The molecule has 0 saturated carbocycles. The van der Waals surface area contributed by atoms with Gasteiger partial charge in [-0.2, -0.15) is 5.26 Å². The topological polar surface area (TPSA) is 103 Å². The first-order valence-electron chi connectivity index (χ1n) is 15.0. The molecule has 2 aliphatic rings. The Morgan fingerprint density at radius 1 is 1.20 bits per heavy atom. The van der Waals surface area contributed by atoms with Crippen molar-refractivity contribution in [3.8, 4) is 6.07 Å². The molecule has 0 radical (unpaired) electrons. The van der Waals surface area contributed by atoms with E-state index in [0.717, 1.165) is 54.9 Å². The fraction of sp³-hybridized carbons (Fsp3) is 0.500. The minimum atomic E-state index is -2.66. The van der Waals surface area contributed by atoms with E-state index >= 15 is 0 Å². The van der Waals surface area contributed by atoms with Crippen molar-refractivity contribution in [3.63, 3.8) is 0 Å². The maximum atomic E-state index is 13.4. The second-order valence-corrected chi connectivity index (χ2v) is 13.1. The summed E-state index contributed by atoms with van der Waals surface area (Å²) in [4.78, 5) is 35.4. The number of fused-ring (bicyclic) bond motifs is 1. The van der Waals surface area contributed by atoms with E-state index in [4.69, 9.17) is 9.72 Å². The highest BCUT2D eigenvalue weighted by molar-refractivity contribution is 7.14. The van der Waals surface area contributed by atoms with Crippen molar-refractivity contribution in [2.45, 2.75) is 78.3 Å². The number of likely N-dealkylation sites (tertiary alicyclic amines) is 1. The van der Waals surface area contributed by atoms with Gasteiger partial charge in [0.1, 0.15) is 11.6 Å². The van der Waals surface area contributed by atoms with Gasteiger partial charge < -0.3 is 14.2 Å². The summed E-state index contributed by atoms with van der Waals surface area (Å²) in [5.41, 5.74) is 2.65. The predicted octanol–water partition coefficient (Wildman–Crippen LogP) is 5.99. The zero-order valence-corrected chi connectivity index (χ0v) is 26.2. The number of allylic oxidation sites excluding steroid dienone is 1. The summed E-state index contributed by atoms with van der Waals surface area (Å²) in [6, 6.07) is 10.5. The normalized spacial score (nSPS) is 21.4. The lowest BCUT2D eigenvalue weighted by Crippen LogP contribution is -2.44. The van der Waals surface area contributed by atoms with Gasteiger partial charge in [0.15, 0.2) is 0 Å². The fourth-order valence-electron chi connectivity index (χ4n) is 6.13. The molecule has 3 aromatic rings. The average molecular weight is 625 g/mol. The summed E-state index contributed by atoms with van der Waals surface area (Å²) in [6.45, 7) is 11.2. The van der Waals surface area contributed by atoms with Crippen molar-refractivity contribution in [1.29, 1.82) is 5.26 Å². The number of carbonyl (C=O) groups excluding carboxylic acids is 2. The van der Waals surface area contributed by atoms with Crippen molar-refractivity contribution in [1.82, 2.24) is 19.4 Å². The van der Waals surface area contributed by atoms with E-state index in [0.29, 0.717) is 18.6 Å². The Bertz CT molecular complexity index is 1580. The number of anilines is 1. The van der Waals surface area contributed by atoms with Crippen LogP contribution in [0.15, 0.2) is 42.0 Å². The van der Waals surface area contributed by atoms with E-state index in [1.807, 2.05) is 36.6 Å². The zero-order valence-electron chi connectivity index (χ0n) is 25.4. The summed E-state index contributed by atoms with van der Waals surface area (Å²) < 4.78 is 34.2. The number of imidazole rings is 1. The third kappa shape index (κ3) is 7.17. The van der Waals surface area contributed by atoms with Crippen LogP contribution in [-0.4, -0.2) is 69.0 Å². The van der Waals surface area contributed by atoms with E-state index in [9.17, 15) is 23.6 Å². The molecule has 3 unspecified atom stereocenters. The van der Waals surface area contributed by atoms with Crippen molar-refractivity contribution < 1.29 is 23.1 Å². The van der Waals surface area contributed by atoms with Crippen LogP contribution >= 0.6 is 11.3 Å². The third-order valence-electron chi connectivity index (χ3n) is 7.89. The Morgan fingerprint density at radius 3 is 2.61 bits per heavy atom. The first kappa shape index (κ1) is 31.8. The summed E-state index contributed by atoms with van der Waals surface area (Å²) in [5, 5.41) is 12.5. The molecule has 234 valence electrons. The summed E-state index contributed by atoms with van der Waals surface area (Å²) in [5.74, 6) is -0.496. The summed E-state index contributed by atoms with van der Waals surface area (Å²) in [7, 11) is 0. The van der Waals surface area contributed by atoms with Gasteiger partial charge in [0.25, 0.3) is 18.2 Å². The number of hydrogen-bond donors (Lipinski definition) is 1. The number of alkyl halides is 2. The van der Waals surface area contributed by atoms with Gasteiger partial charge in [-0.3, -0.25) is 19.8 Å². The maximum Gasteiger partial charge on any atom is 0.272 e. The van der Waals surface area contributed by atoms with Crippen molar-refractivity contribution in [2.24, 2.45) is 5.92 Å². The molecule has 4 heterocycles. The lowest BCUT2D eigenvalue weighted by Gasteiger charge is -2.35. The predicted molar refractivity (Wildman–Crippen MR) is 166 cm³/mol.